The summed E-state index contributed by atoms with van der Waals surface area (Å²) < 4.78 is 0. The third-order valence-electron chi connectivity index (χ3n) is 4.06. The number of aromatic nitrogens is 1. The van der Waals surface area contributed by atoms with E-state index >= 15 is 0 Å². The number of hydrogen-bond acceptors (Lipinski definition) is 2. The predicted octanol–water partition coefficient (Wildman–Crippen LogP) is 1.80. The lowest BCUT2D eigenvalue weighted by molar-refractivity contribution is -0.674. The number of rotatable bonds is 6. The number of hydrogen-bond donors (Lipinski definition) is 3. The predicted molar refractivity (Wildman–Crippen MR) is 89.9 cm³/mol. The number of aromatic amines is 1. The fourth-order valence-corrected chi connectivity index (χ4v) is 3.58. The fourth-order valence-electron chi connectivity index (χ4n) is 2.72. The molecular weight excluding hydrogens is 294 g/mol. The maximum Gasteiger partial charge on any atom is 0.275 e. The van der Waals surface area contributed by atoms with Crippen LogP contribution in [0.25, 0.3) is 10.9 Å². The van der Waals surface area contributed by atoms with Gasteiger partial charge in [-0.25, -0.2) is 0 Å². The van der Waals surface area contributed by atoms with Gasteiger partial charge >= 0.3 is 0 Å². The van der Waals surface area contributed by atoms with Crippen molar-refractivity contribution in [3.63, 3.8) is 0 Å². The molecule has 1 amide bonds. The van der Waals surface area contributed by atoms with E-state index in [4.69, 9.17) is 5.73 Å². The zero-order chi connectivity index (χ0) is 15.5. The second-order valence-corrected chi connectivity index (χ2v) is 6.50. The van der Waals surface area contributed by atoms with E-state index in [9.17, 15) is 4.79 Å². The summed E-state index contributed by atoms with van der Waals surface area (Å²) in [6.07, 6.45) is 2.08. The van der Waals surface area contributed by atoms with E-state index in [2.05, 4.69) is 46.9 Å². The Morgan fingerprint density at radius 2 is 2.14 bits per heavy atom. The number of thiophene rings is 1. The number of H-pyrrole nitrogens is 1. The summed E-state index contributed by atoms with van der Waals surface area (Å²) >= 11 is 1.75. The third-order valence-corrected chi connectivity index (χ3v) is 5.04. The standard InChI is InChI=1S/C17H19N3OS/c1-11(17(18)21)19-10-14(16-7-4-8-22-16)13-9-20-15-6-3-2-5-12(13)15/h2-9,11,14,19-20H,10H2,1H3,(H2,18,21)/p+1/t11-,14+/m0/s1. The number of quaternary nitrogens is 1. The number of carbonyl (C=O) groups is 1. The van der Waals surface area contributed by atoms with E-state index in [1.165, 1.54) is 15.8 Å². The summed E-state index contributed by atoms with van der Waals surface area (Å²) in [7, 11) is 0. The highest BCUT2D eigenvalue weighted by Gasteiger charge is 2.23. The van der Waals surface area contributed by atoms with Crippen LogP contribution in [0.4, 0.5) is 0 Å². The quantitative estimate of drug-likeness (QED) is 0.637. The first-order valence-corrected chi connectivity index (χ1v) is 8.27. The number of fused-ring (bicyclic) bond motifs is 1. The van der Waals surface area contributed by atoms with E-state index in [1.807, 2.05) is 18.3 Å². The van der Waals surface area contributed by atoms with Gasteiger partial charge in [-0.2, -0.15) is 0 Å². The van der Waals surface area contributed by atoms with Gasteiger partial charge in [-0.1, -0.05) is 24.3 Å². The Balaban J connectivity index is 1.93. The SMILES string of the molecule is C[C@H]([NH2+]C[C@@H](c1cccs1)c1c[nH]c2ccccc12)C(N)=O. The van der Waals surface area contributed by atoms with Crippen molar-refractivity contribution in [2.45, 2.75) is 18.9 Å². The second kappa shape index (κ2) is 6.34. The van der Waals surface area contributed by atoms with Gasteiger partial charge in [0.1, 0.15) is 0 Å². The van der Waals surface area contributed by atoms with Crippen LogP contribution >= 0.6 is 11.3 Å². The van der Waals surface area contributed by atoms with Crippen molar-refractivity contribution in [1.29, 1.82) is 0 Å². The maximum absolute atomic E-state index is 11.3. The minimum absolute atomic E-state index is 0.215. The van der Waals surface area contributed by atoms with Crippen LogP contribution in [0, 0.1) is 0 Å². The molecule has 3 aromatic rings. The fraction of sp³-hybridized carbons (Fsp3) is 0.235. The third kappa shape index (κ3) is 2.91. The molecule has 0 spiro atoms. The summed E-state index contributed by atoms with van der Waals surface area (Å²) in [6.45, 7) is 2.65. The van der Waals surface area contributed by atoms with E-state index < -0.39 is 0 Å². The van der Waals surface area contributed by atoms with Crippen molar-refractivity contribution in [3.8, 4) is 0 Å². The maximum atomic E-state index is 11.3. The highest BCUT2D eigenvalue weighted by molar-refractivity contribution is 7.10. The first kappa shape index (κ1) is 14.8. The Morgan fingerprint density at radius 1 is 1.32 bits per heavy atom. The van der Waals surface area contributed by atoms with Gasteiger partial charge < -0.3 is 16.0 Å². The Labute approximate surface area is 133 Å². The molecule has 0 bridgehead atoms. The van der Waals surface area contributed by atoms with Crippen molar-refractivity contribution >= 4 is 28.1 Å². The van der Waals surface area contributed by atoms with Crippen LogP contribution in [0.3, 0.4) is 0 Å². The first-order chi connectivity index (χ1) is 10.7. The van der Waals surface area contributed by atoms with Crippen molar-refractivity contribution in [2.24, 2.45) is 5.73 Å². The molecule has 5 heteroatoms. The minimum Gasteiger partial charge on any atom is -0.365 e. The highest BCUT2D eigenvalue weighted by Crippen LogP contribution is 2.32. The molecule has 4 nitrogen and oxygen atoms in total. The zero-order valence-corrected chi connectivity index (χ0v) is 13.3. The van der Waals surface area contributed by atoms with Crippen LogP contribution in [0.5, 0.6) is 0 Å². The van der Waals surface area contributed by atoms with Gasteiger partial charge in [0, 0.05) is 22.0 Å². The highest BCUT2D eigenvalue weighted by atomic mass is 32.1. The van der Waals surface area contributed by atoms with E-state index in [1.54, 1.807) is 11.3 Å². The number of benzene rings is 1. The number of nitrogens with two attached hydrogens (primary N) is 2. The molecule has 3 rings (SSSR count). The molecule has 0 unspecified atom stereocenters. The van der Waals surface area contributed by atoms with Gasteiger partial charge in [0.15, 0.2) is 6.04 Å². The van der Waals surface area contributed by atoms with Crippen molar-refractivity contribution < 1.29 is 10.1 Å². The van der Waals surface area contributed by atoms with E-state index in [0.717, 1.165) is 12.1 Å². The number of nitrogens with one attached hydrogen (secondary N) is 1. The Morgan fingerprint density at radius 3 is 2.86 bits per heavy atom. The smallest absolute Gasteiger partial charge is 0.275 e. The van der Waals surface area contributed by atoms with Crippen molar-refractivity contribution in [2.75, 3.05) is 6.54 Å². The molecular formula is C17H20N3OS+. The van der Waals surface area contributed by atoms with E-state index in [-0.39, 0.29) is 17.9 Å². The monoisotopic (exact) mass is 314 g/mol. The number of carbonyl (C=O) groups excluding carboxylic acids is 1. The lowest BCUT2D eigenvalue weighted by Crippen LogP contribution is -2.92. The zero-order valence-electron chi connectivity index (χ0n) is 12.5. The Bertz CT molecular complexity index is 763. The average molecular weight is 314 g/mol. The van der Waals surface area contributed by atoms with Gasteiger partial charge in [-0.05, 0) is 30.0 Å². The summed E-state index contributed by atoms with van der Waals surface area (Å²) in [5.74, 6) is -0.0261. The molecule has 2 aromatic heterocycles. The molecule has 0 aliphatic heterocycles. The molecule has 1 aromatic carbocycles. The number of primary amides is 1. The molecule has 0 saturated carbocycles. The van der Waals surface area contributed by atoms with Gasteiger partial charge in [0.2, 0.25) is 0 Å². The molecule has 2 atom stereocenters. The minimum atomic E-state index is -0.274. The summed E-state index contributed by atoms with van der Waals surface area (Å²) in [4.78, 5) is 15.9. The second-order valence-electron chi connectivity index (χ2n) is 5.52. The Hall–Kier alpha value is -2.11. The van der Waals surface area contributed by atoms with Crippen LogP contribution in [-0.2, 0) is 4.79 Å². The van der Waals surface area contributed by atoms with Crippen molar-refractivity contribution in [1.82, 2.24) is 4.98 Å². The van der Waals surface area contributed by atoms with Crippen LogP contribution < -0.4 is 11.1 Å². The normalized spacial score (nSPS) is 14.0. The largest absolute Gasteiger partial charge is 0.365 e. The Kier molecular flexibility index (Phi) is 4.27. The lowest BCUT2D eigenvalue weighted by atomic mass is 9.96. The molecule has 0 radical (unpaired) electrons. The average Bonchev–Trinajstić information content (AvgIpc) is 3.17. The summed E-state index contributed by atoms with van der Waals surface area (Å²) in [5, 5.41) is 5.35. The first-order valence-electron chi connectivity index (χ1n) is 7.39. The number of amides is 1. The number of para-hydroxylation sites is 1. The van der Waals surface area contributed by atoms with Crippen LogP contribution in [0.15, 0.2) is 48.0 Å². The van der Waals surface area contributed by atoms with Crippen LogP contribution in [0.1, 0.15) is 23.3 Å². The molecule has 2 heterocycles. The van der Waals surface area contributed by atoms with Gasteiger partial charge in [-0.15, -0.1) is 11.3 Å². The molecule has 22 heavy (non-hydrogen) atoms. The molecule has 0 aliphatic carbocycles. The van der Waals surface area contributed by atoms with Crippen LogP contribution in [0.2, 0.25) is 0 Å². The molecule has 114 valence electrons. The van der Waals surface area contributed by atoms with Gasteiger partial charge in [0.25, 0.3) is 5.91 Å². The van der Waals surface area contributed by atoms with Gasteiger partial charge in [0.05, 0.1) is 12.5 Å². The summed E-state index contributed by atoms with van der Waals surface area (Å²) in [5.41, 5.74) is 7.79. The topological polar surface area (TPSA) is 75.5 Å². The van der Waals surface area contributed by atoms with E-state index in [0.29, 0.717) is 0 Å². The van der Waals surface area contributed by atoms with Crippen molar-refractivity contribution in [3.05, 3.63) is 58.4 Å². The summed E-state index contributed by atoms with van der Waals surface area (Å²) in [6, 6.07) is 12.3. The lowest BCUT2D eigenvalue weighted by Gasteiger charge is -2.16. The van der Waals surface area contributed by atoms with Gasteiger partial charge in [-0.3, -0.25) is 4.79 Å². The van der Waals surface area contributed by atoms with Crippen LogP contribution in [-0.4, -0.2) is 23.5 Å². The molecule has 5 N–H and O–H groups in total. The molecule has 0 aliphatic rings. The molecule has 0 fully saturated rings. The molecule has 0 saturated heterocycles.